The first kappa shape index (κ1) is 14.4. The van der Waals surface area contributed by atoms with Crippen LogP contribution in [0.4, 0.5) is 0 Å². The molecule has 3 heterocycles. The van der Waals surface area contributed by atoms with Crippen molar-refractivity contribution in [3.05, 3.63) is 62.1 Å². The van der Waals surface area contributed by atoms with E-state index in [1.165, 1.54) is 15.7 Å². The van der Waals surface area contributed by atoms with Crippen molar-refractivity contribution in [3.63, 3.8) is 0 Å². The topological polar surface area (TPSA) is 52.2 Å². The second-order valence-electron chi connectivity index (χ2n) is 5.45. The zero-order valence-corrected chi connectivity index (χ0v) is 14.1. The molecule has 0 radical (unpaired) electrons. The maximum atomic E-state index is 12.8. The van der Waals surface area contributed by atoms with Gasteiger partial charge in [0.1, 0.15) is 11.2 Å². The number of hydrogen-bond acceptors (Lipinski definition) is 4. The first-order chi connectivity index (χ1) is 11.1. The first-order valence-corrected chi connectivity index (χ1v) is 8.32. The smallest absolute Gasteiger partial charge is 0.278 e. The van der Waals surface area contributed by atoms with Crippen LogP contribution in [0.2, 0.25) is 5.02 Å². The molecule has 0 bridgehead atoms. The number of fused-ring (bicyclic) bond motifs is 3. The van der Waals surface area contributed by atoms with Gasteiger partial charge in [-0.05, 0) is 37.1 Å². The van der Waals surface area contributed by atoms with Crippen molar-refractivity contribution in [2.45, 2.75) is 20.4 Å². The van der Waals surface area contributed by atoms with Gasteiger partial charge in [-0.25, -0.2) is 9.78 Å². The Morgan fingerprint density at radius 3 is 2.70 bits per heavy atom. The van der Waals surface area contributed by atoms with Crippen molar-refractivity contribution in [1.29, 1.82) is 0 Å². The second kappa shape index (κ2) is 5.18. The summed E-state index contributed by atoms with van der Waals surface area (Å²) in [6.07, 6.45) is 1.43. The Balaban J connectivity index is 2.03. The molecular formula is C16H13ClN4OS. The molecule has 0 saturated carbocycles. The number of halogens is 1. The van der Waals surface area contributed by atoms with E-state index in [4.69, 9.17) is 11.6 Å². The molecule has 0 aliphatic carbocycles. The fraction of sp³-hybridized carbons (Fsp3) is 0.188. The monoisotopic (exact) mass is 344 g/mol. The Labute approximate surface area is 140 Å². The normalized spacial score (nSPS) is 11.6. The van der Waals surface area contributed by atoms with Gasteiger partial charge < -0.3 is 0 Å². The summed E-state index contributed by atoms with van der Waals surface area (Å²) >= 11 is 7.56. The van der Waals surface area contributed by atoms with Crippen LogP contribution in [0.1, 0.15) is 16.0 Å². The highest BCUT2D eigenvalue weighted by Gasteiger charge is 2.18. The molecule has 0 amide bonds. The summed E-state index contributed by atoms with van der Waals surface area (Å²) in [6.45, 7) is 4.59. The van der Waals surface area contributed by atoms with Crippen LogP contribution in [-0.4, -0.2) is 19.2 Å². The van der Waals surface area contributed by atoms with Crippen LogP contribution in [-0.2, 0) is 6.54 Å². The number of nitrogens with zero attached hydrogens (tertiary/aromatic N) is 4. The van der Waals surface area contributed by atoms with Gasteiger partial charge in [-0.1, -0.05) is 23.7 Å². The van der Waals surface area contributed by atoms with Crippen molar-refractivity contribution in [1.82, 2.24) is 19.2 Å². The van der Waals surface area contributed by atoms with Crippen LogP contribution in [0.5, 0.6) is 0 Å². The molecule has 23 heavy (non-hydrogen) atoms. The summed E-state index contributed by atoms with van der Waals surface area (Å²) in [4.78, 5) is 19.2. The van der Waals surface area contributed by atoms with Gasteiger partial charge in [0.2, 0.25) is 0 Å². The lowest BCUT2D eigenvalue weighted by Gasteiger charge is -2.09. The molecule has 116 valence electrons. The number of rotatable bonds is 2. The maximum Gasteiger partial charge on any atom is 0.352 e. The minimum atomic E-state index is -0.179. The van der Waals surface area contributed by atoms with E-state index < -0.39 is 0 Å². The van der Waals surface area contributed by atoms with Gasteiger partial charge >= 0.3 is 5.69 Å². The second-order valence-corrected chi connectivity index (χ2v) is 7.09. The van der Waals surface area contributed by atoms with Crippen LogP contribution < -0.4 is 5.69 Å². The van der Waals surface area contributed by atoms with E-state index in [1.54, 1.807) is 15.9 Å². The SMILES string of the molecule is Cc1sc2c(c1C)c1ncnn1c(=O)n2Cc1ccc(Cl)cc1. The van der Waals surface area contributed by atoms with Gasteiger partial charge in [0, 0.05) is 9.90 Å². The molecule has 5 nitrogen and oxygen atoms in total. The Kier molecular flexibility index (Phi) is 3.25. The van der Waals surface area contributed by atoms with Crippen molar-refractivity contribution in [2.75, 3.05) is 0 Å². The van der Waals surface area contributed by atoms with E-state index in [9.17, 15) is 4.79 Å². The minimum absolute atomic E-state index is 0.179. The molecule has 4 aromatic rings. The third kappa shape index (κ3) is 2.17. The molecule has 4 rings (SSSR count). The standard InChI is InChI=1S/C16H13ClN4OS/c1-9-10(2)23-15-13(9)14-18-8-19-21(14)16(22)20(15)7-11-3-5-12(17)6-4-11/h3-6,8H,7H2,1-2H3. The van der Waals surface area contributed by atoms with Crippen LogP contribution >= 0.6 is 22.9 Å². The number of aryl methyl sites for hydroxylation is 2. The van der Waals surface area contributed by atoms with Crippen molar-refractivity contribution in [3.8, 4) is 0 Å². The van der Waals surface area contributed by atoms with Crippen molar-refractivity contribution < 1.29 is 0 Å². The van der Waals surface area contributed by atoms with E-state index in [0.29, 0.717) is 17.2 Å². The predicted octanol–water partition coefficient (Wildman–Crippen LogP) is 3.42. The zero-order valence-electron chi connectivity index (χ0n) is 12.6. The average molecular weight is 345 g/mol. The molecule has 0 spiro atoms. The quantitative estimate of drug-likeness (QED) is 0.560. The predicted molar refractivity (Wildman–Crippen MR) is 92.7 cm³/mol. The number of hydrogen-bond donors (Lipinski definition) is 0. The highest BCUT2D eigenvalue weighted by atomic mass is 35.5. The summed E-state index contributed by atoms with van der Waals surface area (Å²) in [6, 6.07) is 7.52. The molecule has 1 aromatic carbocycles. The molecule has 0 N–H and O–H groups in total. The Morgan fingerprint density at radius 1 is 1.22 bits per heavy atom. The van der Waals surface area contributed by atoms with E-state index in [0.717, 1.165) is 21.3 Å². The zero-order chi connectivity index (χ0) is 16.1. The molecular weight excluding hydrogens is 332 g/mol. The Morgan fingerprint density at radius 2 is 1.96 bits per heavy atom. The van der Waals surface area contributed by atoms with Crippen LogP contribution in [0.25, 0.3) is 15.9 Å². The molecule has 0 atom stereocenters. The lowest BCUT2D eigenvalue weighted by Crippen LogP contribution is -2.27. The van der Waals surface area contributed by atoms with Gasteiger partial charge in [0.25, 0.3) is 0 Å². The van der Waals surface area contributed by atoms with Crippen LogP contribution in [0.3, 0.4) is 0 Å². The molecule has 0 aliphatic heterocycles. The molecule has 0 aliphatic rings. The van der Waals surface area contributed by atoms with Gasteiger partial charge in [0.05, 0.1) is 11.9 Å². The number of benzene rings is 1. The van der Waals surface area contributed by atoms with Crippen molar-refractivity contribution >= 4 is 38.8 Å². The van der Waals surface area contributed by atoms with Crippen LogP contribution in [0, 0.1) is 13.8 Å². The Hall–Kier alpha value is -2.18. The summed E-state index contributed by atoms with van der Waals surface area (Å²) in [5.74, 6) is 0. The summed E-state index contributed by atoms with van der Waals surface area (Å²) in [5.41, 5.74) is 2.61. The van der Waals surface area contributed by atoms with Crippen LogP contribution in [0.15, 0.2) is 35.4 Å². The average Bonchev–Trinajstić information content (AvgIpc) is 3.11. The van der Waals surface area contributed by atoms with Gasteiger partial charge in [-0.3, -0.25) is 4.57 Å². The van der Waals surface area contributed by atoms with Gasteiger partial charge in [-0.2, -0.15) is 9.61 Å². The lowest BCUT2D eigenvalue weighted by atomic mass is 10.2. The largest absolute Gasteiger partial charge is 0.352 e. The fourth-order valence-corrected chi connectivity index (χ4v) is 4.00. The van der Waals surface area contributed by atoms with E-state index in [-0.39, 0.29) is 5.69 Å². The van der Waals surface area contributed by atoms with E-state index in [1.807, 2.05) is 24.3 Å². The third-order valence-corrected chi connectivity index (χ3v) is 5.53. The molecule has 0 unspecified atom stereocenters. The number of aromatic nitrogens is 4. The van der Waals surface area contributed by atoms with Gasteiger partial charge in [0.15, 0.2) is 5.65 Å². The lowest BCUT2D eigenvalue weighted by molar-refractivity contribution is 0.719. The summed E-state index contributed by atoms with van der Waals surface area (Å²) in [7, 11) is 0. The van der Waals surface area contributed by atoms with Gasteiger partial charge in [-0.15, -0.1) is 11.3 Å². The fourth-order valence-electron chi connectivity index (χ4n) is 2.73. The Bertz CT molecular complexity index is 1090. The maximum absolute atomic E-state index is 12.8. The molecule has 0 saturated heterocycles. The minimum Gasteiger partial charge on any atom is -0.278 e. The highest BCUT2D eigenvalue weighted by molar-refractivity contribution is 7.19. The van der Waals surface area contributed by atoms with E-state index in [2.05, 4.69) is 23.9 Å². The van der Waals surface area contributed by atoms with Crippen molar-refractivity contribution in [2.24, 2.45) is 0 Å². The van der Waals surface area contributed by atoms with E-state index >= 15 is 0 Å². The molecule has 3 aromatic heterocycles. The highest BCUT2D eigenvalue weighted by Crippen LogP contribution is 2.31. The first-order valence-electron chi connectivity index (χ1n) is 7.13. The molecule has 0 fully saturated rings. The third-order valence-electron chi connectivity index (χ3n) is 4.05. The summed E-state index contributed by atoms with van der Waals surface area (Å²) in [5, 5.41) is 5.77. The summed E-state index contributed by atoms with van der Waals surface area (Å²) < 4.78 is 3.13. The number of thiophene rings is 1. The molecule has 7 heteroatoms.